The van der Waals surface area contributed by atoms with Crippen LogP contribution in [0.2, 0.25) is 0 Å². The molecule has 8 heavy (non-hydrogen) atoms. The summed E-state index contributed by atoms with van der Waals surface area (Å²) in [7, 11) is 0. The highest BCUT2D eigenvalue weighted by Crippen LogP contribution is 2.00. The number of furan rings is 1. The van der Waals surface area contributed by atoms with Gasteiger partial charge in [0.2, 0.25) is 0 Å². The van der Waals surface area contributed by atoms with Gasteiger partial charge in [0.1, 0.15) is 0 Å². The van der Waals surface area contributed by atoms with Crippen molar-refractivity contribution < 1.29 is 4.42 Å². The monoisotopic (exact) mass is 130 g/mol. The topological polar surface area (TPSA) is 13.1 Å². The molecule has 0 saturated carbocycles. The van der Waals surface area contributed by atoms with Crippen LogP contribution in [-0.4, -0.2) is 5.88 Å². The van der Waals surface area contributed by atoms with Crippen LogP contribution in [-0.2, 0) is 6.42 Å². The van der Waals surface area contributed by atoms with Crippen LogP contribution in [0, 0.1) is 0 Å². The smallest absolute Gasteiger partial charge is 0.0934 e. The summed E-state index contributed by atoms with van der Waals surface area (Å²) in [6.07, 6.45) is 4.27. The van der Waals surface area contributed by atoms with Crippen molar-refractivity contribution in [3.8, 4) is 0 Å². The van der Waals surface area contributed by atoms with Gasteiger partial charge in [0.05, 0.1) is 12.5 Å². The number of aryl methyl sites for hydroxylation is 1. The van der Waals surface area contributed by atoms with Crippen molar-refractivity contribution in [1.29, 1.82) is 0 Å². The minimum atomic E-state index is 0.666. The van der Waals surface area contributed by atoms with Crippen molar-refractivity contribution in [2.24, 2.45) is 0 Å². The standard InChI is InChI=1S/C6H7ClO/c7-3-1-6-2-4-8-5-6/h2,4-5H,1,3H2. The Morgan fingerprint density at radius 1 is 1.62 bits per heavy atom. The summed E-state index contributed by atoms with van der Waals surface area (Å²) >= 11 is 5.45. The maximum absolute atomic E-state index is 5.45. The quantitative estimate of drug-likeness (QED) is 0.559. The van der Waals surface area contributed by atoms with Gasteiger partial charge >= 0.3 is 0 Å². The van der Waals surface area contributed by atoms with Gasteiger partial charge < -0.3 is 4.42 Å². The lowest BCUT2D eigenvalue weighted by molar-refractivity contribution is 0.564. The van der Waals surface area contributed by atoms with E-state index in [2.05, 4.69) is 0 Å². The Morgan fingerprint density at radius 2 is 2.50 bits per heavy atom. The van der Waals surface area contributed by atoms with E-state index in [1.807, 2.05) is 6.07 Å². The second-order valence-electron chi connectivity index (χ2n) is 1.57. The molecule has 0 aromatic carbocycles. The zero-order valence-corrected chi connectivity index (χ0v) is 5.19. The van der Waals surface area contributed by atoms with Gasteiger partial charge in [-0.15, -0.1) is 11.6 Å². The van der Waals surface area contributed by atoms with E-state index in [0.29, 0.717) is 5.88 Å². The van der Waals surface area contributed by atoms with Crippen LogP contribution in [0.25, 0.3) is 0 Å². The molecular formula is C6H7ClO. The zero-order valence-electron chi connectivity index (χ0n) is 4.43. The van der Waals surface area contributed by atoms with Crippen molar-refractivity contribution in [3.05, 3.63) is 24.2 Å². The molecule has 2 heteroatoms. The first-order chi connectivity index (χ1) is 3.93. The van der Waals surface area contributed by atoms with Crippen molar-refractivity contribution in [1.82, 2.24) is 0 Å². The van der Waals surface area contributed by atoms with E-state index >= 15 is 0 Å². The number of halogens is 1. The Morgan fingerprint density at radius 3 is 3.00 bits per heavy atom. The summed E-state index contributed by atoms with van der Waals surface area (Å²) in [5.74, 6) is 0.666. The Balaban J connectivity index is 2.50. The Kier molecular flexibility index (Phi) is 1.98. The molecule has 1 rings (SSSR count). The van der Waals surface area contributed by atoms with E-state index in [-0.39, 0.29) is 0 Å². The molecule has 1 nitrogen and oxygen atoms in total. The summed E-state index contributed by atoms with van der Waals surface area (Å²) in [6.45, 7) is 0. The van der Waals surface area contributed by atoms with Gasteiger partial charge in [-0.1, -0.05) is 0 Å². The van der Waals surface area contributed by atoms with Crippen molar-refractivity contribution in [3.63, 3.8) is 0 Å². The van der Waals surface area contributed by atoms with Crippen LogP contribution in [0.4, 0.5) is 0 Å². The van der Waals surface area contributed by atoms with Gasteiger partial charge in [0, 0.05) is 5.88 Å². The van der Waals surface area contributed by atoms with Gasteiger partial charge in [0.15, 0.2) is 0 Å². The van der Waals surface area contributed by atoms with Gasteiger partial charge in [-0.05, 0) is 18.1 Å². The summed E-state index contributed by atoms with van der Waals surface area (Å²) in [6, 6.07) is 1.92. The molecule has 1 aromatic heterocycles. The summed E-state index contributed by atoms with van der Waals surface area (Å²) < 4.78 is 4.81. The first-order valence-corrected chi connectivity index (χ1v) is 3.04. The number of hydrogen-bond acceptors (Lipinski definition) is 1. The molecular weight excluding hydrogens is 124 g/mol. The van der Waals surface area contributed by atoms with Crippen LogP contribution >= 0.6 is 11.6 Å². The van der Waals surface area contributed by atoms with E-state index < -0.39 is 0 Å². The van der Waals surface area contributed by atoms with Gasteiger partial charge in [-0.3, -0.25) is 0 Å². The van der Waals surface area contributed by atoms with E-state index in [0.717, 1.165) is 6.42 Å². The highest BCUT2D eigenvalue weighted by atomic mass is 35.5. The highest BCUT2D eigenvalue weighted by Gasteiger charge is 1.89. The third-order valence-corrected chi connectivity index (χ3v) is 1.15. The molecule has 1 aromatic rings. The summed E-state index contributed by atoms with van der Waals surface area (Å²) in [5, 5.41) is 0. The van der Waals surface area contributed by atoms with Gasteiger partial charge in [0.25, 0.3) is 0 Å². The third kappa shape index (κ3) is 1.27. The molecule has 0 unspecified atom stereocenters. The van der Waals surface area contributed by atoms with Crippen LogP contribution in [0.15, 0.2) is 23.0 Å². The molecule has 0 saturated heterocycles. The Labute approximate surface area is 53.3 Å². The van der Waals surface area contributed by atoms with Crippen LogP contribution < -0.4 is 0 Å². The number of rotatable bonds is 2. The first kappa shape index (κ1) is 5.70. The number of hydrogen-bond donors (Lipinski definition) is 0. The Bertz CT molecular complexity index is 134. The van der Waals surface area contributed by atoms with Gasteiger partial charge in [-0.2, -0.15) is 0 Å². The van der Waals surface area contributed by atoms with Crippen molar-refractivity contribution >= 4 is 11.6 Å². The zero-order chi connectivity index (χ0) is 5.82. The summed E-state index contributed by atoms with van der Waals surface area (Å²) in [4.78, 5) is 0. The fraction of sp³-hybridized carbons (Fsp3) is 0.333. The van der Waals surface area contributed by atoms with E-state index in [4.69, 9.17) is 16.0 Å². The van der Waals surface area contributed by atoms with Gasteiger partial charge in [-0.25, -0.2) is 0 Å². The van der Waals surface area contributed by atoms with Crippen LogP contribution in [0.5, 0.6) is 0 Å². The Hall–Kier alpha value is -0.430. The average Bonchev–Trinajstić information content (AvgIpc) is 2.19. The normalized spacial score (nSPS) is 9.62. The largest absolute Gasteiger partial charge is 0.472 e. The molecule has 1 heterocycles. The fourth-order valence-electron chi connectivity index (χ4n) is 0.544. The maximum atomic E-state index is 5.45. The van der Waals surface area contributed by atoms with E-state index in [9.17, 15) is 0 Å². The second-order valence-corrected chi connectivity index (χ2v) is 1.95. The minimum Gasteiger partial charge on any atom is -0.472 e. The molecule has 0 amide bonds. The summed E-state index contributed by atoms with van der Waals surface area (Å²) in [5.41, 5.74) is 1.17. The molecule has 0 N–H and O–H groups in total. The predicted octanol–water partition coefficient (Wildman–Crippen LogP) is 2.06. The fourth-order valence-corrected chi connectivity index (χ4v) is 0.762. The lowest BCUT2D eigenvalue weighted by Crippen LogP contribution is -1.78. The lowest BCUT2D eigenvalue weighted by Gasteiger charge is -1.83. The number of alkyl halides is 1. The highest BCUT2D eigenvalue weighted by molar-refractivity contribution is 6.17. The van der Waals surface area contributed by atoms with Crippen LogP contribution in [0.3, 0.4) is 0 Å². The molecule has 0 aliphatic carbocycles. The van der Waals surface area contributed by atoms with Crippen molar-refractivity contribution in [2.75, 3.05) is 5.88 Å². The predicted molar refractivity (Wildman–Crippen MR) is 33.1 cm³/mol. The molecule has 0 fully saturated rings. The van der Waals surface area contributed by atoms with E-state index in [1.165, 1.54) is 5.56 Å². The third-order valence-electron chi connectivity index (χ3n) is 0.963. The van der Waals surface area contributed by atoms with Crippen molar-refractivity contribution in [2.45, 2.75) is 6.42 Å². The second kappa shape index (κ2) is 2.78. The van der Waals surface area contributed by atoms with E-state index in [1.54, 1.807) is 12.5 Å². The SMILES string of the molecule is ClCCc1ccoc1. The molecule has 0 spiro atoms. The molecule has 0 radical (unpaired) electrons. The molecule has 0 aliphatic heterocycles. The molecule has 0 bridgehead atoms. The first-order valence-electron chi connectivity index (χ1n) is 2.50. The molecule has 44 valence electrons. The van der Waals surface area contributed by atoms with Crippen LogP contribution in [0.1, 0.15) is 5.56 Å². The minimum absolute atomic E-state index is 0.666. The molecule has 0 aliphatic rings. The maximum Gasteiger partial charge on any atom is 0.0934 e. The lowest BCUT2D eigenvalue weighted by atomic mass is 10.3. The molecule has 0 atom stereocenters. The average molecular weight is 131 g/mol.